The van der Waals surface area contributed by atoms with E-state index in [0.29, 0.717) is 55.0 Å². The molecule has 0 saturated carbocycles. The van der Waals surface area contributed by atoms with Gasteiger partial charge in [-0.2, -0.15) is 0 Å². The second-order valence-corrected chi connectivity index (χ2v) is 12.1. The normalized spacial score (nSPS) is 17.0. The fourth-order valence-electron chi connectivity index (χ4n) is 5.02. The van der Waals surface area contributed by atoms with Gasteiger partial charge >= 0.3 is 6.03 Å². The molecular formula is C33H48N6O6. The molecule has 0 bridgehead atoms. The van der Waals surface area contributed by atoms with E-state index in [1.165, 1.54) is 0 Å². The SMILES string of the molecule is CC(C)NC(=O)N(C)C[C@H]1Oc2ccc(NC(=O)CCCCCC(=O)Nc3ccccc3N)cc2C(=O)N([C@H](C)CO)C[C@@H]1C. The van der Waals surface area contributed by atoms with E-state index in [0.717, 1.165) is 0 Å². The van der Waals surface area contributed by atoms with Crippen LogP contribution in [0.3, 0.4) is 0 Å². The molecule has 2 aromatic rings. The average molecular weight is 625 g/mol. The molecule has 246 valence electrons. The molecule has 0 aromatic heterocycles. The lowest BCUT2D eigenvalue weighted by Gasteiger charge is -2.38. The smallest absolute Gasteiger partial charge is 0.317 e. The van der Waals surface area contributed by atoms with Crippen molar-refractivity contribution < 1.29 is 29.0 Å². The van der Waals surface area contributed by atoms with Crippen LogP contribution in [-0.2, 0) is 9.59 Å². The molecule has 12 nitrogen and oxygen atoms in total. The third-order valence-corrected chi connectivity index (χ3v) is 7.70. The van der Waals surface area contributed by atoms with Crippen LogP contribution in [0.5, 0.6) is 5.75 Å². The summed E-state index contributed by atoms with van der Waals surface area (Å²) < 4.78 is 6.34. The minimum Gasteiger partial charge on any atom is -0.487 e. The number of ether oxygens (including phenoxy) is 1. The molecule has 0 unspecified atom stereocenters. The molecule has 0 radical (unpaired) electrons. The summed E-state index contributed by atoms with van der Waals surface area (Å²) in [4.78, 5) is 54.4. The predicted molar refractivity (Wildman–Crippen MR) is 175 cm³/mol. The molecule has 0 fully saturated rings. The maximum Gasteiger partial charge on any atom is 0.317 e. The van der Waals surface area contributed by atoms with E-state index in [9.17, 15) is 24.3 Å². The van der Waals surface area contributed by atoms with E-state index in [2.05, 4.69) is 16.0 Å². The second kappa shape index (κ2) is 16.7. The number of aliphatic hydroxyl groups excluding tert-OH is 1. The van der Waals surface area contributed by atoms with Crippen molar-refractivity contribution in [2.75, 3.05) is 43.1 Å². The molecule has 1 aliphatic heterocycles. The summed E-state index contributed by atoms with van der Waals surface area (Å²) >= 11 is 0. The number of likely N-dealkylation sites (N-methyl/N-ethyl adjacent to an activating group) is 1. The van der Waals surface area contributed by atoms with Gasteiger partial charge in [0, 0.05) is 44.1 Å². The van der Waals surface area contributed by atoms with Gasteiger partial charge in [-0.05, 0) is 63.9 Å². The molecule has 12 heteroatoms. The summed E-state index contributed by atoms with van der Waals surface area (Å²) in [6.07, 6.45) is 2.07. The number of unbranched alkanes of at least 4 members (excludes halogenated alkanes) is 2. The van der Waals surface area contributed by atoms with Gasteiger partial charge in [-0.1, -0.05) is 25.5 Å². The Balaban J connectivity index is 1.62. The summed E-state index contributed by atoms with van der Waals surface area (Å²) in [7, 11) is 1.70. The zero-order valence-electron chi connectivity index (χ0n) is 27.0. The van der Waals surface area contributed by atoms with Gasteiger partial charge in [0.2, 0.25) is 11.8 Å². The van der Waals surface area contributed by atoms with Crippen molar-refractivity contribution in [1.82, 2.24) is 15.1 Å². The number of rotatable bonds is 13. The van der Waals surface area contributed by atoms with Crippen molar-refractivity contribution in [3.63, 3.8) is 0 Å². The van der Waals surface area contributed by atoms with Crippen LogP contribution >= 0.6 is 0 Å². The number of fused-ring (bicyclic) bond motifs is 1. The molecule has 1 heterocycles. The lowest BCUT2D eigenvalue weighted by molar-refractivity contribution is -0.116. The highest BCUT2D eigenvalue weighted by Gasteiger charge is 2.34. The number of nitrogen functional groups attached to an aromatic ring is 1. The Labute approximate surface area is 265 Å². The number of para-hydroxylation sites is 2. The van der Waals surface area contributed by atoms with Gasteiger partial charge in [0.1, 0.15) is 11.9 Å². The first kappa shape index (κ1) is 35.2. The first-order valence-electron chi connectivity index (χ1n) is 15.6. The third-order valence-electron chi connectivity index (χ3n) is 7.70. The number of hydrogen-bond donors (Lipinski definition) is 5. The summed E-state index contributed by atoms with van der Waals surface area (Å²) in [6, 6.07) is 11.3. The molecule has 3 rings (SSSR count). The minimum atomic E-state index is -0.445. The molecule has 45 heavy (non-hydrogen) atoms. The fraction of sp³-hybridized carbons (Fsp3) is 0.515. The molecule has 2 aromatic carbocycles. The van der Waals surface area contributed by atoms with Crippen LogP contribution in [0.2, 0.25) is 0 Å². The summed E-state index contributed by atoms with van der Waals surface area (Å²) in [6.45, 7) is 7.89. The van der Waals surface area contributed by atoms with Crippen LogP contribution in [0.1, 0.15) is 70.2 Å². The number of carbonyl (C=O) groups is 4. The molecular weight excluding hydrogens is 576 g/mol. The zero-order valence-corrected chi connectivity index (χ0v) is 27.0. The van der Waals surface area contributed by atoms with Crippen molar-refractivity contribution >= 4 is 40.8 Å². The fourth-order valence-corrected chi connectivity index (χ4v) is 5.02. The molecule has 1 aliphatic rings. The van der Waals surface area contributed by atoms with Crippen molar-refractivity contribution in [2.45, 2.75) is 78.0 Å². The van der Waals surface area contributed by atoms with Gasteiger partial charge in [-0.15, -0.1) is 0 Å². The molecule has 0 spiro atoms. The molecule has 0 aliphatic carbocycles. The second-order valence-electron chi connectivity index (χ2n) is 12.1. The van der Waals surface area contributed by atoms with Crippen molar-refractivity contribution in [1.29, 1.82) is 0 Å². The van der Waals surface area contributed by atoms with Crippen LogP contribution in [0, 0.1) is 5.92 Å². The summed E-state index contributed by atoms with van der Waals surface area (Å²) in [5.41, 5.74) is 7.68. The quantitative estimate of drug-likeness (QED) is 0.165. The Hall–Kier alpha value is -4.32. The average Bonchev–Trinajstić information content (AvgIpc) is 2.99. The Kier molecular flexibility index (Phi) is 13.0. The summed E-state index contributed by atoms with van der Waals surface area (Å²) in [5.74, 6) is -0.447. The van der Waals surface area contributed by atoms with Gasteiger partial charge < -0.3 is 41.3 Å². The number of aliphatic hydroxyl groups is 1. The van der Waals surface area contributed by atoms with Gasteiger partial charge in [-0.25, -0.2) is 4.79 Å². The van der Waals surface area contributed by atoms with Crippen LogP contribution in [-0.4, -0.2) is 83.6 Å². The molecule has 6 N–H and O–H groups in total. The Morgan fingerprint density at radius 2 is 1.71 bits per heavy atom. The number of nitrogens with two attached hydrogens (primary N) is 1. The maximum atomic E-state index is 13.7. The lowest BCUT2D eigenvalue weighted by Crippen LogP contribution is -2.51. The van der Waals surface area contributed by atoms with Crippen LogP contribution in [0.15, 0.2) is 42.5 Å². The van der Waals surface area contributed by atoms with Gasteiger partial charge in [0.15, 0.2) is 0 Å². The Bertz CT molecular complexity index is 1330. The number of carbonyl (C=O) groups excluding carboxylic acids is 4. The number of nitrogens with zero attached hydrogens (tertiary/aromatic N) is 2. The topological polar surface area (TPSA) is 166 Å². The van der Waals surface area contributed by atoms with Gasteiger partial charge in [0.25, 0.3) is 5.91 Å². The molecule has 5 amide bonds. The maximum absolute atomic E-state index is 13.7. The Morgan fingerprint density at radius 1 is 1.04 bits per heavy atom. The van der Waals surface area contributed by atoms with Crippen molar-refractivity contribution in [2.24, 2.45) is 5.92 Å². The van der Waals surface area contributed by atoms with Gasteiger partial charge in [0.05, 0.1) is 36.1 Å². The monoisotopic (exact) mass is 624 g/mol. The number of benzene rings is 2. The van der Waals surface area contributed by atoms with Crippen LogP contribution in [0.4, 0.5) is 21.9 Å². The third kappa shape index (κ3) is 10.4. The number of hydrogen-bond acceptors (Lipinski definition) is 7. The molecule has 3 atom stereocenters. The van der Waals surface area contributed by atoms with E-state index in [4.69, 9.17) is 10.5 Å². The van der Waals surface area contributed by atoms with Gasteiger partial charge in [-0.3, -0.25) is 14.4 Å². The highest BCUT2D eigenvalue weighted by molar-refractivity contribution is 6.00. The van der Waals surface area contributed by atoms with E-state index < -0.39 is 12.1 Å². The zero-order chi connectivity index (χ0) is 33.1. The van der Waals surface area contributed by atoms with Crippen LogP contribution < -0.4 is 26.4 Å². The first-order chi connectivity index (χ1) is 21.4. The number of urea groups is 1. The highest BCUT2D eigenvalue weighted by atomic mass is 16.5. The number of amides is 5. The van der Waals surface area contributed by atoms with E-state index >= 15 is 0 Å². The van der Waals surface area contributed by atoms with E-state index in [-0.39, 0.29) is 60.8 Å². The van der Waals surface area contributed by atoms with Crippen molar-refractivity contribution in [3.05, 3.63) is 48.0 Å². The first-order valence-corrected chi connectivity index (χ1v) is 15.6. The van der Waals surface area contributed by atoms with Crippen molar-refractivity contribution in [3.8, 4) is 5.75 Å². The number of nitrogens with one attached hydrogen (secondary N) is 3. The van der Waals surface area contributed by atoms with E-state index in [1.807, 2.05) is 20.8 Å². The minimum absolute atomic E-state index is 0.0183. The largest absolute Gasteiger partial charge is 0.487 e. The number of anilines is 3. The predicted octanol–water partition coefficient (Wildman–Crippen LogP) is 4.07. The lowest BCUT2D eigenvalue weighted by atomic mass is 9.99. The highest BCUT2D eigenvalue weighted by Crippen LogP contribution is 2.31. The Morgan fingerprint density at radius 3 is 2.36 bits per heavy atom. The van der Waals surface area contributed by atoms with E-state index in [1.54, 1.807) is 66.2 Å². The standard InChI is InChI=1S/C33H48N6O6/c1-21(2)35-33(44)38(5)19-29-22(3)18-39(23(4)20-40)32(43)25-17-24(15-16-28(25)45-29)36-30(41)13-7-6-8-14-31(42)37-27-12-10-9-11-26(27)34/h9-12,15-17,21-23,29,40H,6-8,13-14,18-20,34H2,1-5H3,(H,35,44)(H,36,41)(H,37,42)/t22-,23+,29+/m0/s1. The van der Waals surface area contributed by atoms with Crippen LogP contribution in [0.25, 0.3) is 0 Å². The molecule has 0 saturated heterocycles. The summed E-state index contributed by atoms with van der Waals surface area (Å²) in [5, 5.41) is 18.4.